The first-order chi connectivity index (χ1) is 6.99. The van der Waals surface area contributed by atoms with Crippen LogP contribution in [-0.2, 0) is 5.33 Å². The minimum atomic E-state index is -2.98. The van der Waals surface area contributed by atoms with Crippen LogP contribution < -0.4 is 5.73 Å². The van der Waals surface area contributed by atoms with Crippen LogP contribution in [0.25, 0.3) is 0 Å². The predicted molar refractivity (Wildman–Crippen MR) is 52.9 cm³/mol. The van der Waals surface area contributed by atoms with Crippen molar-refractivity contribution in [3.05, 3.63) is 27.4 Å². The minimum Gasteiger partial charge on any atom is -0.395 e. The van der Waals surface area contributed by atoms with Gasteiger partial charge in [0.25, 0.3) is 6.43 Å². The second kappa shape index (κ2) is 4.47. The van der Waals surface area contributed by atoms with Crippen LogP contribution in [0, 0.1) is 10.1 Å². The van der Waals surface area contributed by atoms with Gasteiger partial charge in [0.05, 0.1) is 5.69 Å². The van der Waals surface area contributed by atoms with E-state index in [2.05, 4.69) is 20.9 Å². The molecule has 0 amide bonds. The molecule has 1 aromatic rings. The number of nitrogen functional groups attached to an aromatic ring is 1. The number of nitro groups is 1. The van der Waals surface area contributed by atoms with Crippen molar-refractivity contribution in [2.75, 3.05) is 5.73 Å². The van der Waals surface area contributed by atoms with Gasteiger partial charge in [-0.3, -0.25) is 0 Å². The van der Waals surface area contributed by atoms with Gasteiger partial charge in [-0.2, -0.15) is 0 Å². The van der Waals surface area contributed by atoms with Crippen LogP contribution in [0.2, 0.25) is 0 Å². The van der Waals surface area contributed by atoms with Crippen LogP contribution in [0.4, 0.5) is 20.3 Å². The van der Waals surface area contributed by atoms with Gasteiger partial charge in [0, 0.05) is 10.9 Å². The highest BCUT2D eigenvalue weighted by Gasteiger charge is 2.28. The summed E-state index contributed by atoms with van der Waals surface area (Å²) in [5.74, 6) is -0.853. The van der Waals surface area contributed by atoms with Crippen LogP contribution in [0.15, 0.2) is 6.20 Å². The molecule has 0 aliphatic rings. The lowest BCUT2D eigenvalue weighted by Crippen LogP contribution is -2.06. The maximum atomic E-state index is 12.6. The molecule has 0 radical (unpaired) electrons. The molecule has 5 nitrogen and oxygen atoms in total. The zero-order chi connectivity index (χ0) is 11.6. The maximum absolute atomic E-state index is 12.6. The number of alkyl halides is 3. The number of pyridine rings is 1. The van der Waals surface area contributed by atoms with Gasteiger partial charge in [-0.05, 0) is 9.91 Å². The fourth-order valence-electron chi connectivity index (χ4n) is 1.09. The van der Waals surface area contributed by atoms with Crippen molar-refractivity contribution in [1.29, 1.82) is 0 Å². The smallest absolute Gasteiger partial charge is 0.372 e. The largest absolute Gasteiger partial charge is 0.395 e. The summed E-state index contributed by atoms with van der Waals surface area (Å²) in [7, 11) is 0. The molecule has 1 aromatic heterocycles. The number of halogens is 3. The standard InChI is InChI=1S/C7H6BrF2N3O2/c8-1-3-4(11)2-12-7(13(14)15)5(3)6(9)10/h2,6H,1,11H2. The molecule has 0 saturated heterocycles. The number of nitrogens with zero attached hydrogens (tertiary/aromatic N) is 2. The summed E-state index contributed by atoms with van der Waals surface area (Å²) in [4.78, 5) is 12.8. The lowest BCUT2D eigenvalue weighted by atomic mass is 10.1. The fourth-order valence-corrected chi connectivity index (χ4v) is 1.72. The number of nitrogens with two attached hydrogens (primary N) is 1. The highest BCUT2D eigenvalue weighted by Crippen LogP contribution is 2.34. The Morgan fingerprint density at radius 2 is 2.27 bits per heavy atom. The molecule has 2 N–H and O–H groups in total. The van der Waals surface area contributed by atoms with E-state index in [4.69, 9.17) is 5.73 Å². The lowest BCUT2D eigenvalue weighted by molar-refractivity contribution is -0.391. The predicted octanol–water partition coefficient (Wildman–Crippen LogP) is 2.40. The summed E-state index contributed by atoms with van der Waals surface area (Å²) in [5.41, 5.74) is 4.68. The third kappa shape index (κ3) is 2.20. The van der Waals surface area contributed by atoms with Gasteiger partial charge in [0.15, 0.2) is 6.20 Å². The van der Waals surface area contributed by atoms with Gasteiger partial charge in [0.1, 0.15) is 5.56 Å². The first kappa shape index (κ1) is 11.8. The Kier molecular flexibility index (Phi) is 3.51. The van der Waals surface area contributed by atoms with E-state index in [1.54, 1.807) is 0 Å². The Balaban J connectivity index is 3.49. The Morgan fingerprint density at radius 1 is 1.67 bits per heavy atom. The quantitative estimate of drug-likeness (QED) is 0.524. The van der Waals surface area contributed by atoms with Crippen LogP contribution in [0.3, 0.4) is 0 Å². The molecular formula is C7H6BrF2N3O2. The summed E-state index contributed by atoms with van der Waals surface area (Å²) in [6.07, 6.45) is -1.98. The van der Waals surface area contributed by atoms with Crippen LogP contribution in [0.1, 0.15) is 17.6 Å². The van der Waals surface area contributed by atoms with E-state index < -0.39 is 22.7 Å². The first-order valence-electron chi connectivity index (χ1n) is 3.74. The summed E-state index contributed by atoms with van der Waals surface area (Å²) in [6, 6.07) is 0. The summed E-state index contributed by atoms with van der Waals surface area (Å²) < 4.78 is 25.2. The zero-order valence-electron chi connectivity index (χ0n) is 7.28. The normalized spacial score (nSPS) is 10.7. The van der Waals surface area contributed by atoms with Crippen LogP contribution in [-0.4, -0.2) is 9.91 Å². The van der Waals surface area contributed by atoms with Crippen LogP contribution in [0.5, 0.6) is 0 Å². The number of hydrogen-bond acceptors (Lipinski definition) is 4. The summed E-state index contributed by atoms with van der Waals surface area (Å²) in [6.45, 7) is 0. The lowest BCUT2D eigenvalue weighted by Gasteiger charge is -2.07. The molecule has 0 aliphatic heterocycles. The van der Waals surface area contributed by atoms with Crippen molar-refractivity contribution in [3.8, 4) is 0 Å². The molecule has 0 saturated carbocycles. The Labute approximate surface area is 91.6 Å². The molecule has 1 heterocycles. The zero-order valence-corrected chi connectivity index (χ0v) is 8.87. The van der Waals surface area contributed by atoms with Gasteiger partial charge in [0.2, 0.25) is 0 Å². The summed E-state index contributed by atoms with van der Waals surface area (Å²) >= 11 is 2.95. The van der Waals surface area contributed by atoms with E-state index in [9.17, 15) is 18.9 Å². The molecule has 0 atom stereocenters. The fraction of sp³-hybridized carbons (Fsp3) is 0.286. The van der Waals surface area contributed by atoms with Gasteiger partial charge in [-0.25, -0.2) is 8.78 Å². The Hall–Kier alpha value is -1.31. The van der Waals surface area contributed by atoms with Crippen molar-refractivity contribution in [1.82, 2.24) is 4.98 Å². The summed E-state index contributed by atoms with van der Waals surface area (Å²) in [5, 5.41) is 10.5. The van der Waals surface area contributed by atoms with E-state index in [0.29, 0.717) is 0 Å². The number of anilines is 1. The van der Waals surface area contributed by atoms with Crippen molar-refractivity contribution in [2.24, 2.45) is 0 Å². The minimum absolute atomic E-state index is 0.00620. The molecule has 8 heteroatoms. The highest BCUT2D eigenvalue weighted by atomic mass is 79.9. The van der Waals surface area contributed by atoms with E-state index in [1.807, 2.05) is 0 Å². The molecular weight excluding hydrogens is 276 g/mol. The van der Waals surface area contributed by atoms with Gasteiger partial charge >= 0.3 is 5.82 Å². The Bertz CT molecular complexity index is 400. The molecule has 0 aliphatic carbocycles. The third-order valence-corrected chi connectivity index (χ3v) is 2.33. The molecule has 0 aromatic carbocycles. The van der Waals surface area contributed by atoms with Gasteiger partial charge < -0.3 is 15.8 Å². The highest BCUT2D eigenvalue weighted by molar-refractivity contribution is 9.08. The second-order valence-electron chi connectivity index (χ2n) is 2.62. The molecule has 82 valence electrons. The second-order valence-corrected chi connectivity index (χ2v) is 3.18. The Morgan fingerprint density at radius 3 is 2.67 bits per heavy atom. The molecule has 0 spiro atoms. The van der Waals surface area contributed by atoms with Crippen molar-refractivity contribution in [3.63, 3.8) is 0 Å². The van der Waals surface area contributed by atoms with Crippen LogP contribution >= 0.6 is 15.9 Å². The van der Waals surface area contributed by atoms with E-state index in [0.717, 1.165) is 6.20 Å². The number of hydrogen-bond donors (Lipinski definition) is 1. The van der Waals surface area contributed by atoms with Crippen molar-refractivity contribution in [2.45, 2.75) is 11.8 Å². The molecule has 0 fully saturated rings. The van der Waals surface area contributed by atoms with E-state index in [1.165, 1.54) is 0 Å². The average Bonchev–Trinajstić information content (AvgIpc) is 2.16. The van der Waals surface area contributed by atoms with E-state index in [-0.39, 0.29) is 16.6 Å². The molecule has 0 bridgehead atoms. The first-order valence-corrected chi connectivity index (χ1v) is 4.87. The van der Waals surface area contributed by atoms with E-state index >= 15 is 0 Å². The SMILES string of the molecule is Nc1cnc([N+](=O)[O-])c(C(F)F)c1CBr. The average molecular weight is 282 g/mol. The van der Waals surface area contributed by atoms with Gasteiger partial charge in [-0.1, -0.05) is 15.9 Å². The number of rotatable bonds is 3. The maximum Gasteiger partial charge on any atom is 0.372 e. The van der Waals surface area contributed by atoms with Crippen molar-refractivity contribution >= 4 is 27.4 Å². The third-order valence-electron chi connectivity index (χ3n) is 1.77. The molecule has 1 rings (SSSR count). The van der Waals surface area contributed by atoms with Gasteiger partial charge in [-0.15, -0.1) is 0 Å². The molecule has 0 unspecified atom stereocenters. The number of aromatic nitrogens is 1. The molecule has 15 heavy (non-hydrogen) atoms. The van der Waals surface area contributed by atoms with Crippen molar-refractivity contribution < 1.29 is 13.7 Å². The topological polar surface area (TPSA) is 82.0 Å². The monoisotopic (exact) mass is 281 g/mol.